The number of ether oxygens (including phenoxy) is 2. The van der Waals surface area contributed by atoms with Crippen molar-refractivity contribution in [2.45, 2.75) is 19.4 Å². The average Bonchev–Trinajstić information content (AvgIpc) is 2.93. The van der Waals surface area contributed by atoms with Gasteiger partial charge in [-0.15, -0.1) is 10.2 Å². The Kier molecular flexibility index (Phi) is 4.65. The van der Waals surface area contributed by atoms with Crippen molar-refractivity contribution in [1.29, 1.82) is 0 Å². The number of nitrogens with zero attached hydrogens (tertiary/aromatic N) is 4. The fourth-order valence-corrected chi connectivity index (χ4v) is 1.65. The Labute approximate surface area is 116 Å². The van der Waals surface area contributed by atoms with Gasteiger partial charge in [0.05, 0.1) is 27.2 Å². The Hall–Kier alpha value is -2.44. The Morgan fingerprint density at radius 3 is 2.65 bits per heavy atom. The molecule has 7 heteroatoms. The van der Waals surface area contributed by atoms with E-state index in [1.54, 1.807) is 7.11 Å². The molecule has 0 bridgehead atoms. The number of tetrazole rings is 1. The van der Waals surface area contributed by atoms with Gasteiger partial charge in [0, 0.05) is 6.42 Å². The van der Waals surface area contributed by atoms with Gasteiger partial charge in [-0.05, 0) is 22.9 Å². The van der Waals surface area contributed by atoms with Crippen molar-refractivity contribution in [3.63, 3.8) is 0 Å². The molecule has 0 fully saturated rings. The summed E-state index contributed by atoms with van der Waals surface area (Å²) in [6, 6.07) is 7.64. The highest BCUT2D eigenvalue weighted by atomic mass is 16.5. The highest BCUT2D eigenvalue weighted by Crippen LogP contribution is 2.11. The molecule has 0 saturated heterocycles. The fraction of sp³-hybridized carbons (Fsp3) is 0.385. The van der Waals surface area contributed by atoms with Crippen molar-refractivity contribution in [2.24, 2.45) is 0 Å². The van der Waals surface area contributed by atoms with E-state index in [9.17, 15) is 4.79 Å². The molecule has 1 aromatic heterocycles. The number of hydrogen-bond donors (Lipinski definition) is 0. The van der Waals surface area contributed by atoms with Crippen LogP contribution in [0.5, 0.6) is 5.75 Å². The Balaban J connectivity index is 1.93. The van der Waals surface area contributed by atoms with Crippen molar-refractivity contribution < 1.29 is 14.3 Å². The Morgan fingerprint density at radius 2 is 2.00 bits per heavy atom. The lowest BCUT2D eigenvalue weighted by atomic mass is 10.2. The van der Waals surface area contributed by atoms with Crippen LogP contribution in [0.1, 0.15) is 17.8 Å². The number of rotatable bonds is 6. The lowest BCUT2D eigenvalue weighted by molar-refractivity contribution is -0.140. The zero-order valence-corrected chi connectivity index (χ0v) is 11.4. The summed E-state index contributed by atoms with van der Waals surface area (Å²) >= 11 is 0. The maximum atomic E-state index is 11.0. The second-order valence-electron chi connectivity index (χ2n) is 4.16. The zero-order chi connectivity index (χ0) is 14.4. The largest absolute Gasteiger partial charge is 0.497 e. The number of aryl methyl sites for hydroxylation is 1. The molecule has 0 saturated carbocycles. The van der Waals surface area contributed by atoms with Gasteiger partial charge in [0.2, 0.25) is 0 Å². The Bertz CT molecular complexity index is 565. The lowest BCUT2D eigenvalue weighted by Gasteiger charge is -2.02. The molecule has 7 nitrogen and oxygen atoms in total. The molecular formula is C13H16N4O3. The van der Waals surface area contributed by atoms with Crippen LogP contribution < -0.4 is 4.74 Å². The summed E-state index contributed by atoms with van der Waals surface area (Å²) in [5.41, 5.74) is 1.04. The van der Waals surface area contributed by atoms with E-state index in [0.29, 0.717) is 18.8 Å². The van der Waals surface area contributed by atoms with Crippen LogP contribution in [0.15, 0.2) is 24.3 Å². The number of hydrogen-bond acceptors (Lipinski definition) is 6. The highest BCUT2D eigenvalue weighted by molar-refractivity contribution is 5.69. The lowest BCUT2D eigenvalue weighted by Crippen LogP contribution is -2.05. The molecule has 1 aromatic carbocycles. The van der Waals surface area contributed by atoms with Crippen molar-refractivity contribution >= 4 is 5.97 Å². The smallest absolute Gasteiger partial charge is 0.305 e. The molecule has 0 aliphatic carbocycles. The molecule has 106 valence electrons. The molecule has 2 aromatic rings. The number of carbonyl (C=O) groups is 1. The van der Waals surface area contributed by atoms with Gasteiger partial charge in [0.15, 0.2) is 5.82 Å². The molecule has 0 atom stereocenters. The average molecular weight is 276 g/mol. The second kappa shape index (κ2) is 6.65. The van der Waals surface area contributed by atoms with Gasteiger partial charge in [-0.3, -0.25) is 4.79 Å². The molecule has 2 rings (SSSR count). The van der Waals surface area contributed by atoms with Gasteiger partial charge < -0.3 is 9.47 Å². The van der Waals surface area contributed by atoms with Crippen LogP contribution in [0.4, 0.5) is 0 Å². The normalized spacial score (nSPS) is 10.3. The summed E-state index contributed by atoms with van der Waals surface area (Å²) in [5.74, 6) is 1.06. The quantitative estimate of drug-likeness (QED) is 0.727. The minimum absolute atomic E-state index is 0.255. The summed E-state index contributed by atoms with van der Waals surface area (Å²) in [7, 11) is 2.98. The number of aromatic nitrogens is 4. The maximum Gasteiger partial charge on any atom is 0.305 e. The third-order valence-electron chi connectivity index (χ3n) is 2.76. The first kappa shape index (κ1) is 14.0. The van der Waals surface area contributed by atoms with E-state index in [4.69, 9.17) is 4.74 Å². The van der Waals surface area contributed by atoms with Gasteiger partial charge >= 0.3 is 5.97 Å². The van der Waals surface area contributed by atoms with Crippen molar-refractivity contribution in [2.75, 3.05) is 14.2 Å². The number of methoxy groups -OCH3 is 2. The first-order chi connectivity index (χ1) is 9.71. The summed E-state index contributed by atoms with van der Waals surface area (Å²) in [6.45, 7) is 0.523. The van der Waals surface area contributed by atoms with Crippen molar-refractivity contribution in [3.8, 4) is 5.75 Å². The first-order valence-corrected chi connectivity index (χ1v) is 6.17. The van der Waals surface area contributed by atoms with E-state index < -0.39 is 0 Å². The van der Waals surface area contributed by atoms with E-state index in [0.717, 1.165) is 11.3 Å². The van der Waals surface area contributed by atoms with Crippen LogP contribution in [0.3, 0.4) is 0 Å². The number of esters is 1. The fourth-order valence-electron chi connectivity index (χ4n) is 1.65. The first-order valence-electron chi connectivity index (χ1n) is 6.17. The van der Waals surface area contributed by atoms with Crippen LogP contribution >= 0.6 is 0 Å². The Morgan fingerprint density at radius 1 is 1.25 bits per heavy atom. The second-order valence-corrected chi connectivity index (χ2v) is 4.16. The summed E-state index contributed by atoms with van der Waals surface area (Å²) in [6.07, 6.45) is 0.681. The van der Waals surface area contributed by atoms with Crippen molar-refractivity contribution in [3.05, 3.63) is 35.7 Å². The molecule has 0 spiro atoms. The van der Waals surface area contributed by atoms with E-state index in [-0.39, 0.29) is 12.4 Å². The van der Waals surface area contributed by atoms with Crippen LogP contribution in [-0.2, 0) is 22.5 Å². The SMILES string of the molecule is COC(=O)CCc1nnn(Cc2ccc(OC)cc2)n1. The molecule has 0 aliphatic rings. The minimum Gasteiger partial charge on any atom is -0.497 e. The predicted molar refractivity (Wildman–Crippen MR) is 70.3 cm³/mol. The number of benzene rings is 1. The van der Waals surface area contributed by atoms with Gasteiger partial charge in [-0.25, -0.2) is 0 Å². The molecule has 20 heavy (non-hydrogen) atoms. The zero-order valence-electron chi connectivity index (χ0n) is 11.4. The van der Waals surface area contributed by atoms with Crippen molar-refractivity contribution in [1.82, 2.24) is 20.2 Å². The van der Waals surface area contributed by atoms with E-state index >= 15 is 0 Å². The standard InChI is InChI=1S/C13H16N4O3/c1-19-11-5-3-10(4-6-11)9-17-15-12(14-16-17)7-8-13(18)20-2/h3-6H,7-9H2,1-2H3. The molecule has 0 unspecified atom stereocenters. The third kappa shape index (κ3) is 3.78. The monoisotopic (exact) mass is 276 g/mol. The molecular weight excluding hydrogens is 260 g/mol. The van der Waals surface area contributed by atoms with E-state index in [1.807, 2.05) is 24.3 Å². The third-order valence-corrected chi connectivity index (χ3v) is 2.76. The molecule has 0 N–H and O–H groups in total. The minimum atomic E-state index is -0.281. The van der Waals surface area contributed by atoms with Crippen LogP contribution in [0.2, 0.25) is 0 Å². The van der Waals surface area contributed by atoms with Crippen LogP contribution in [0.25, 0.3) is 0 Å². The van der Waals surface area contributed by atoms with Gasteiger partial charge in [0.1, 0.15) is 5.75 Å². The van der Waals surface area contributed by atoms with Crippen LogP contribution in [0, 0.1) is 0 Å². The van der Waals surface area contributed by atoms with E-state index in [1.165, 1.54) is 11.9 Å². The van der Waals surface area contributed by atoms with Gasteiger partial charge in [-0.1, -0.05) is 12.1 Å². The van der Waals surface area contributed by atoms with Gasteiger partial charge in [-0.2, -0.15) is 4.80 Å². The molecule has 0 amide bonds. The number of carbonyl (C=O) groups excluding carboxylic acids is 1. The predicted octanol–water partition coefficient (Wildman–Crippen LogP) is 0.836. The summed E-state index contributed by atoms with van der Waals surface area (Å²) in [4.78, 5) is 12.5. The molecule has 0 radical (unpaired) electrons. The van der Waals surface area contributed by atoms with E-state index in [2.05, 4.69) is 20.1 Å². The maximum absolute atomic E-state index is 11.0. The van der Waals surface area contributed by atoms with Gasteiger partial charge in [0.25, 0.3) is 0 Å². The summed E-state index contributed by atoms with van der Waals surface area (Å²) < 4.78 is 9.66. The topological polar surface area (TPSA) is 79.1 Å². The molecule has 0 aliphatic heterocycles. The van der Waals surface area contributed by atoms with Crippen LogP contribution in [-0.4, -0.2) is 40.4 Å². The summed E-state index contributed by atoms with van der Waals surface area (Å²) in [5, 5.41) is 12.1. The highest BCUT2D eigenvalue weighted by Gasteiger charge is 2.07. The molecule has 1 heterocycles.